The van der Waals surface area contributed by atoms with Crippen LogP contribution in [0.2, 0.25) is 0 Å². The van der Waals surface area contributed by atoms with Crippen molar-refractivity contribution in [1.82, 2.24) is 9.55 Å². The molecule has 0 atom stereocenters. The molecular weight excluding hydrogens is 218 g/mol. The zero-order chi connectivity index (χ0) is 12.6. The van der Waals surface area contributed by atoms with Crippen LogP contribution in [0.3, 0.4) is 0 Å². The molecule has 0 aliphatic heterocycles. The van der Waals surface area contributed by atoms with Crippen molar-refractivity contribution in [2.45, 2.75) is 6.92 Å². The summed E-state index contributed by atoms with van der Waals surface area (Å²) in [6, 6.07) is 6.68. The fraction of sp³-hybridized carbons (Fsp3) is 0.0833. The highest BCUT2D eigenvalue weighted by atomic mass is 16.2. The molecule has 2 N–H and O–H groups in total. The van der Waals surface area contributed by atoms with Gasteiger partial charge >= 0.3 is 0 Å². The van der Waals surface area contributed by atoms with Gasteiger partial charge in [0.1, 0.15) is 0 Å². The van der Waals surface area contributed by atoms with Crippen molar-refractivity contribution in [3.63, 3.8) is 0 Å². The van der Waals surface area contributed by atoms with Crippen LogP contribution in [-0.2, 0) is 0 Å². The largest absolute Gasteiger partial charge is 0.369 e. The van der Waals surface area contributed by atoms with E-state index in [1.54, 1.807) is 31.2 Å². The van der Waals surface area contributed by atoms with Gasteiger partial charge in [-0.2, -0.15) is 4.98 Å². The highest BCUT2D eigenvalue weighted by Gasteiger charge is 2.14. The Labute approximate surface area is 97.2 Å². The molecule has 5 nitrogen and oxygen atoms in total. The van der Waals surface area contributed by atoms with Gasteiger partial charge in [0.25, 0.3) is 11.5 Å². The van der Waals surface area contributed by atoms with Crippen molar-refractivity contribution < 1.29 is 4.79 Å². The molecule has 0 bridgehead atoms. The van der Waals surface area contributed by atoms with Gasteiger partial charge in [-0.05, 0) is 19.1 Å². The number of anilines is 1. The summed E-state index contributed by atoms with van der Waals surface area (Å²) < 4.78 is 1.19. The summed E-state index contributed by atoms with van der Waals surface area (Å²) >= 11 is 0. The minimum atomic E-state index is -0.441. The molecule has 86 valence electrons. The molecular formula is C12H11N3O2. The summed E-state index contributed by atoms with van der Waals surface area (Å²) in [5, 5.41) is 0.358. The second kappa shape index (κ2) is 3.86. The number of nitrogen functional groups attached to an aromatic ring is 1. The Bertz CT molecular complexity index is 686. The maximum absolute atomic E-state index is 11.9. The van der Waals surface area contributed by atoms with E-state index in [0.717, 1.165) is 0 Å². The molecule has 0 saturated carbocycles. The fourth-order valence-electron chi connectivity index (χ4n) is 1.59. The molecule has 5 heteroatoms. The van der Waals surface area contributed by atoms with E-state index in [1.165, 1.54) is 4.57 Å². The van der Waals surface area contributed by atoms with Gasteiger partial charge in [-0.3, -0.25) is 9.59 Å². The summed E-state index contributed by atoms with van der Waals surface area (Å²) in [6.45, 7) is 5.15. The number of benzene rings is 1. The number of fused-ring (bicyclic) bond motifs is 1. The van der Waals surface area contributed by atoms with Gasteiger partial charge in [0, 0.05) is 5.57 Å². The van der Waals surface area contributed by atoms with E-state index >= 15 is 0 Å². The van der Waals surface area contributed by atoms with Crippen molar-refractivity contribution in [2.75, 3.05) is 5.73 Å². The van der Waals surface area contributed by atoms with Crippen LogP contribution >= 0.6 is 0 Å². The number of allylic oxidation sites excluding steroid dienone is 1. The van der Waals surface area contributed by atoms with Gasteiger partial charge in [0.2, 0.25) is 5.95 Å². The van der Waals surface area contributed by atoms with Crippen LogP contribution in [0.5, 0.6) is 0 Å². The van der Waals surface area contributed by atoms with Gasteiger partial charge in [0.15, 0.2) is 0 Å². The highest BCUT2D eigenvalue weighted by molar-refractivity contribution is 6.01. The number of hydrogen-bond acceptors (Lipinski definition) is 4. The lowest BCUT2D eigenvalue weighted by Gasteiger charge is -2.10. The first kappa shape index (κ1) is 11.1. The van der Waals surface area contributed by atoms with E-state index in [1.807, 2.05) is 0 Å². The third kappa shape index (κ3) is 1.71. The van der Waals surface area contributed by atoms with Gasteiger partial charge in [-0.25, -0.2) is 4.57 Å². The topological polar surface area (TPSA) is 78.0 Å². The van der Waals surface area contributed by atoms with Crippen molar-refractivity contribution in [3.05, 3.63) is 46.8 Å². The minimum Gasteiger partial charge on any atom is -0.369 e. The number of nitrogens with two attached hydrogens (primary N) is 1. The Kier molecular flexibility index (Phi) is 2.51. The predicted octanol–water partition coefficient (Wildman–Crippen LogP) is 1.20. The van der Waals surface area contributed by atoms with Crippen molar-refractivity contribution in [2.24, 2.45) is 0 Å². The molecule has 0 amide bonds. The number of rotatable bonds is 1. The fourth-order valence-corrected chi connectivity index (χ4v) is 1.59. The number of aromatic nitrogens is 2. The van der Waals surface area contributed by atoms with Crippen LogP contribution in [0.4, 0.5) is 5.95 Å². The summed E-state index contributed by atoms with van der Waals surface area (Å²) in [6.07, 6.45) is 0. The predicted molar refractivity (Wildman–Crippen MR) is 65.9 cm³/mol. The Balaban J connectivity index is 2.92. The first-order valence-electron chi connectivity index (χ1n) is 5.00. The molecule has 0 unspecified atom stereocenters. The molecule has 0 fully saturated rings. The van der Waals surface area contributed by atoms with Crippen LogP contribution in [0.15, 0.2) is 41.2 Å². The quantitative estimate of drug-likeness (QED) is 0.745. The Morgan fingerprint density at radius 3 is 2.71 bits per heavy atom. The smallest absolute Gasteiger partial charge is 0.282 e. The van der Waals surface area contributed by atoms with Crippen LogP contribution in [0, 0.1) is 0 Å². The highest BCUT2D eigenvalue weighted by Crippen LogP contribution is 2.13. The molecule has 1 aromatic carbocycles. The first-order chi connectivity index (χ1) is 8.02. The second-order valence-electron chi connectivity index (χ2n) is 3.71. The molecule has 0 saturated heterocycles. The van der Waals surface area contributed by atoms with Crippen molar-refractivity contribution in [3.8, 4) is 0 Å². The zero-order valence-electron chi connectivity index (χ0n) is 9.30. The van der Waals surface area contributed by atoms with Gasteiger partial charge < -0.3 is 5.73 Å². The summed E-state index contributed by atoms with van der Waals surface area (Å²) in [7, 11) is 0. The van der Waals surface area contributed by atoms with Crippen LogP contribution in [-0.4, -0.2) is 15.5 Å². The normalized spacial score (nSPS) is 10.4. The molecule has 0 aliphatic carbocycles. The average molecular weight is 229 g/mol. The Morgan fingerprint density at radius 1 is 1.41 bits per heavy atom. The maximum atomic E-state index is 11.9. The monoisotopic (exact) mass is 229 g/mol. The first-order valence-corrected chi connectivity index (χ1v) is 5.00. The number of nitrogens with zero attached hydrogens (tertiary/aromatic N) is 2. The standard InChI is InChI=1S/C12H11N3O2/c1-7(2)11(17)15-9-6-4-3-5-8(9)10(16)14-12(15)13/h3-6H,1H2,2H3,(H2,13,14,16). The molecule has 2 rings (SSSR count). The number of carbonyl (C=O) groups excluding carboxylic acids is 1. The van der Waals surface area contributed by atoms with Crippen LogP contribution in [0.1, 0.15) is 11.7 Å². The van der Waals surface area contributed by atoms with Crippen molar-refractivity contribution >= 4 is 22.8 Å². The SMILES string of the molecule is C=C(C)C(=O)n1c(N)nc(=O)c2ccccc21. The molecule has 2 aromatic rings. The molecule has 0 spiro atoms. The molecule has 0 aliphatic rings. The molecule has 17 heavy (non-hydrogen) atoms. The summed E-state index contributed by atoms with van der Waals surface area (Å²) in [5.41, 5.74) is 5.94. The zero-order valence-corrected chi connectivity index (χ0v) is 9.30. The Hall–Kier alpha value is -2.43. The number of carbonyl (C=O) groups is 1. The summed E-state index contributed by atoms with van der Waals surface area (Å²) in [4.78, 5) is 27.2. The molecule has 1 aromatic heterocycles. The van der Waals surface area contributed by atoms with Crippen LogP contribution < -0.4 is 11.3 Å². The minimum absolute atomic E-state index is 0.123. The molecule has 1 heterocycles. The summed E-state index contributed by atoms with van der Waals surface area (Å²) in [5.74, 6) is -0.493. The van der Waals surface area contributed by atoms with E-state index in [4.69, 9.17) is 5.73 Å². The van der Waals surface area contributed by atoms with E-state index in [0.29, 0.717) is 16.5 Å². The third-order valence-electron chi connectivity index (χ3n) is 2.39. The number of para-hydroxylation sites is 1. The van der Waals surface area contributed by atoms with E-state index < -0.39 is 5.56 Å². The lowest BCUT2D eigenvalue weighted by molar-refractivity contribution is 0.0961. The molecule has 0 radical (unpaired) electrons. The van der Waals surface area contributed by atoms with Gasteiger partial charge in [-0.1, -0.05) is 18.7 Å². The van der Waals surface area contributed by atoms with Gasteiger partial charge in [0.05, 0.1) is 10.9 Å². The Morgan fingerprint density at radius 2 is 2.06 bits per heavy atom. The lowest BCUT2D eigenvalue weighted by atomic mass is 10.2. The van der Waals surface area contributed by atoms with Gasteiger partial charge in [-0.15, -0.1) is 0 Å². The van der Waals surface area contributed by atoms with E-state index in [2.05, 4.69) is 11.6 Å². The second-order valence-corrected chi connectivity index (χ2v) is 3.71. The third-order valence-corrected chi connectivity index (χ3v) is 2.39. The number of hydrogen-bond donors (Lipinski definition) is 1. The maximum Gasteiger partial charge on any atom is 0.282 e. The van der Waals surface area contributed by atoms with Crippen LogP contribution in [0.25, 0.3) is 10.9 Å². The van der Waals surface area contributed by atoms with E-state index in [-0.39, 0.29) is 11.9 Å². The average Bonchev–Trinajstić information content (AvgIpc) is 2.28. The van der Waals surface area contributed by atoms with Crippen molar-refractivity contribution in [1.29, 1.82) is 0 Å². The van der Waals surface area contributed by atoms with E-state index in [9.17, 15) is 9.59 Å². The lowest BCUT2D eigenvalue weighted by Crippen LogP contribution is -2.23.